The number of fused-ring (bicyclic) bond motifs is 1. The number of nitrogens with one attached hydrogen (secondary N) is 2. The summed E-state index contributed by atoms with van der Waals surface area (Å²) in [7, 11) is -4.06. The third-order valence-corrected chi connectivity index (χ3v) is 4.88. The molecule has 0 spiro atoms. The van der Waals surface area contributed by atoms with E-state index in [1.54, 1.807) is 29.7 Å². The molecule has 0 bridgehead atoms. The Labute approximate surface area is 135 Å². The minimum atomic E-state index is -4.77. The number of hydroxylamine groups is 1. The summed E-state index contributed by atoms with van der Waals surface area (Å²) in [5, 5.41) is 10.6. The van der Waals surface area contributed by atoms with Gasteiger partial charge in [0.25, 0.3) is 10.2 Å². The van der Waals surface area contributed by atoms with Crippen molar-refractivity contribution in [1.82, 2.24) is 15.1 Å². The third kappa shape index (κ3) is 2.98. The van der Waals surface area contributed by atoms with Gasteiger partial charge in [-0.25, -0.2) is 5.14 Å². The summed E-state index contributed by atoms with van der Waals surface area (Å²) in [5.41, 5.74) is 0.157. The van der Waals surface area contributed by atoms with E-state index in [1.165, 1.54) is 0 Å². The summed E-state index contributed by atoms with van der Waals surface area (Å²) in [6.45, 7) is -0.270. The van der Waals surface area contributed by atoms with E-state index in [1.807, 2.05) is 0 Å². The molecule has 0 radical (unpaired) electrons. The Bertz CT molecular complexity index is 769. The predicted molar refractivity (Wildman–Crippen MR) is 77.3 cm³/mol. The molecule has 0 fully saturated rings. The maximum Gasteiger partial charge on any atom is 0.428 e. The monoisotopic (exact) mass is 365 g/mol. The van der Waals surface area contributed by atoms with Gasteiger partial charge >= 0.3 is 6.18 Å². The first-order chi connectivity index (χ1) is 11.1. The van der Waals surface area contributed by atoms with Crippen LogP contribution in [-0.2, 0) is 21.7 Å². The van der Waals surface area contributed by atoms with E-state index in [0.717, 1.165) is 4.31 Å². The molecule has 132 valence electrons. The van der Waals surface area contributed by atoms with Crippen LogP contribution in [0.15, 0.2) is 29.4 Å². The van der Waals surface area contributed by atoms with Crippen LogP contribution in [0.1, 0.15) is 17.2 Å². The van der Waals surface area contributed by atoms with Crippen LogP contribution in [0, 0.1) is 0 Å². The molecule has 4 N–H and O–H groups in total. The molecule has 0 amide bonds. The number of oxime groups is 1. The van der Waals surface area contributed by atoms with Gasteiger partial charge in [0.05, 0.1) is 6.21 Å². The lowest BCUT2D eigenvalue weighted by Crippen LogP contribution is -2.67. The van der Waals surface area contributed by atoms with Crippen LogP contribution < -0.4 is 15.9 Å². The van der Waals surface area contributed by atoms with E-state index >= 15 is 0 Å². The van der Waals surface area contributed by atoms with E-state index in [4.69, 9.17) is 5.14 Å². The number of halogens is 3. The van der Waals surface area contributed by atoms with Crippen molar-refractivity contribution in [3.63, 3.8) is 0 Å². The van der Waals surface area contributed by atoms with E-state index in [9.17, 15) is 21.6 Å². The molecule has 0 saturated heterocycles. The summed E-state index contributed by atoms with van der Waals surface area (Å²) < 4.78 is 64.5. The maximum atomic E-state index is 13.4. The van der Waals surface area contributed by atoms with Gasteiger partial charge in [-0.3, -0.25) is 10.3 Å². The SMILES string of the molecule is NS(=O)(=O)N1Cc2ccccc2C(NC2(C(F)(F)F)C=NON2)C1. The van der Waals surface area contributed by atoms with Crippen LogP contribution in [0.5, 0.6) is 0 Å². The Morgan fingerprint density at radius 2 is 2.12 bits per heavy atom. The van der Waals surface area contributed by atoms with Crippen LogP contribution >= 0.6 is 0 Å². The fraction of sp³-hybridized carbons (Fsp3) is 0.417. The van der Waals surface area contributed by atoms with E-state index in [-0.39, 0.29) is 13.1 Å². The van der Waals surface area contributed by atoms with Gasteiger partial charge in [-0.05, 0) is 11.1 Å². The fourth-order valence-corrected chi connectivity index (χ4v) is 3.35. The highest BCUT2D eigenvalue weighted by atomic mass is 32.2. The van der Waals surface area contributed by atoms with E-state index in [2.05, 4.69) is 15.4 Å². The highest BCUT2D eigenvalue weighted by Gasteiger charge is 2.59. The lowest BCUT2D eigenvalue weighted by atomic mass is 9.95. The number of rotatable bonds is 3. The second kappa shape index (κ2) is 5.67. The summed E-state index contributed by atoms with van der Waals surface area (Å²) in [4.78, 5) is 4.29. The summed E-state index contributed by atoms with van der Waals surface area (Å²) in [6, 6.07) is 5.61. The maximum absolute atomic E-state index is 13.4. The van der Waals surface area contributed by atoms with Gasteiger partial charge in [-0.1, -0.05) is 34.9 Å². The van der Waals surface area contributed by atoms with Crippen molar-refractivity contribution in [3.8, 4) is 0 Å². The zero-order valence-electron chi connectivity index (χ0n) is 12.1. The van der Waals surface area contributed by atoms with Crippen molar-refractivity contribution in [2.24, 2.45) is 10.3 Å². The Morgan fingerprint density at radius 3 is 2.71 bits per heavy atom. The largest absolute Gasteiger partial charge is 0.428 e. The first-order valence-corrected chi connectivity index (χ1v) is 8.30. The van der Waals surface area contributed by atoms with Gasteiger partial charge in [0.1, 0.15) is 0 Å². The predicted octanol–water partition coefficient (Wildman–Crippen LogP) is 0.116. The van der Waals surface area contributed by atoms with Gasteiger partial charge in [-0.2, -0.15) is 25.9 Å². The smallest absolute Gasteiger partial charge is 0.297 e. The second-order valence-electron chi connectivity index (χ2n) is 5.47. The zero-order chi connectivity index (χ0) is 17.6. The number of hydrogen-bond acceptors (Lipinski definition) is 6. The molecule has 8 nitrogen and oxygen atoms in total. The average molecular weight is 365 g/mol. The molecule has 0 aromatic heterocycles. The van der Waals surface area contributed by atoms with Gasteiger partial charge in [0.2, 0.25) is 5.66 Å². The number of hydrogen-bond donors (Lipinski definition) is 3. The standard InChI is InChI=1S/C12H14F3N5O3S/c13-12(14,15)11(7-17-23-19-11)18-10-6-20(24(16,21)22)5-8-3-1-2-4-9(8)10/h1-4,7,10,18-19H,5-6H2,(H2,16,21,22). The van der Waals surface area contributed by atoms with Crippen molar-refractivity contribution in [1.29, 1.82) is 0 Å². The Hall–Kier alpha value is -1.73. The number of nitrogens with two attached hydrogens (primary N) is 1. The quantitative estimate of drug-likeness (QED) is 0.705. The first-order valence-electron chi connectivity index (χ1n) is 6.80. The third-order valence-electron chi connectivity index (χ3n) is 3.88. The Morgan fingerprint density at radius 1 is 1.42 bits per heavy atom. The Kier molecular flexibility index (Phi) is 4.04. The molecular weight excluding hydrogens is 351 g/mol. The van der Waals surface area contributed by atoms with Crippen LogP contribution in [0.3, 0.4) is 0 Å². The van der Waals surface area contributed by atoms with E-state index in [0.29, 0.717) is 17.3 Å². The van der Waals surface area contributed by atoms with Gasteiger partial charge < -0.3 is 0 Å². The second-order valence-corrected chi connectivity index (χ2v) is 7.01. The minimum Gasteiger partial charge on any atom is -0.297 e. The Balaban J connectivity index is 1.98. The molecule has 24 heavy (non-hydrogen) atoms. The van der Waals surface area contributed by atoms with Crippen LogP contribution in [0.4, 0.5) is 13.2 Å². The molecular formula is C12H14F3N5O3S. The molecule has 2 aliphatic rings. The fourth-order valence-electron chi connectivity index (χ4n) is 2.68. The first kappa shape index (κ1) is 17.1. The molecule has 0 saturated carbocycles. The lowest BCUT2D eigenvalue weighted by Gasteiger charge is -2.38. The zero-order valence-corrected chi connectivity index (χ0v) is 12.9. The van der Waals surface area contributed by atoms with Crippen molar-refractivity contribution in [3.05, 3.63) is 35.4 Å². The summed E-state index contributed by atoms with van der Waals surface area (Å²) in [6.07, 6.45) is -4.22. The minimum absolute atomic E-state index is 0.00970. The van der Waals surface area contributed by atoms with Crippen LogP contribution in [0.25, 0.3) is 0 Å². The van der Waals surface area contributed by atoms with Gasteiger partial charge in [0, 0.05) is 19.1 Å². The molecule has 2 unspecified atom stereocenters. The highest BCUT2D eigenvalue weighted by Crippen LogP contribution is 2.34. The van der Waals surface area contributed by atoms with Gasteiger partial charge in [-0.15, -0.1) is 0 Å². The van der Waals surface area contributed by atoms with Crippen molar-refractivity contribution < 1.29 is 26.5 Å². The van der Waals surface area contributed by atoms with Crippen molar-refractivity contribution in [2.75, 3.05) is 6.54 Å². The molecule has 3 rings (SSSR count). The molecule has 2 aliphatic heterocycles. The lowest BCUT2D eigenvalue weighted by molar-refractivity contribution is -0.207. The molecule has 1 aromatic carbocycles. The topological polar surface area (TPSA) is 109 Å². The summed E-state index contributed by atoms with van der Waals surface area (Å²) in [5.74, 6) is 0. The van der Waals surface area contributed by atoms with Crippen LogP contribution in [0.2, 0.25) is 0 Å². The van der Waals surface area contributed by atoms with E-state index < -0.39 is 28.1 Å². The number of alkyl halides is 3. The average Bonchev–Trinajstić information content (AvgIpc) is 2.96. The molecule has 2 heterocycles. The highest BCUT2D eigenvalue weighted by molar-refractivity contribution is 7.86. The molecule has 12 heteroatoms. The normalized spacial score (nSPS) is 27.8. The van der Waals surface area contributed by atoms with Gasteiger partial charge in [0.15, 0.2) is 0 Å². The summed E-state index contributed by atoms with van der Waals surface area (Å²) >= 11 is 0. The number of benzene rings is 1. The van der Waals surface area contributed by atoms with Crippen molar-refractivity contribution in [2.45, 2.75) is 24.4 Å². The molecule has 0 aliphatic carbocycles. The van der Waals surface area contributed by atoms with Crippen molar-refractivity contribution >= 4 is 16.4 Å². The molecule has 2 atom stereocenters. The number of nitrogens with zero attached hydrogens (tertiary/aromatic N) is 2. The molecule has 1 aromatic rings. The van der Waals surface area contributed by atoms with Crippen LogP contribution in [-0.4, -0.2) is 37.3 Å².